The molecule has 0 radical (unpaired) electrons. The summed E-state index contributed by atoms with van der Waals surface area (Å²) in [6.45, 7) is 6.05. The molecule has 0 heterocycles. The van der Waals surface area contributed by atoms with Gasteiger partial charge in [0.2, 0.25) is 5.91 Å². The van der Waals surface area contributed by atoms with E-state index in [1.54, 1.807) is 0 Å². The molecule has 2 aromatic rings. The molecule has 0 saturated carbocycles. The first kappa shape index (κ1) is 13.2. The lowest BCUT2D eigenvalue weighted by Gasteiger charge is -2.07. The molecular formula is C15H19NO. The van der Waals surface area contributed by atoms with Crippen molar-refractivity contribution in [1.82, 2.24) is 0 Å². The number of primary amides is 1. The summed E-state index contributed by atoms with van der Waals surface area (Å²) in [6.07, 6.45) is 0.308. The van der Waals surface area contributed by atoms with Crippen molar-refractivity contribution < 1.29 is 4.79 Å². The topological polar surface area (TPSA) is 43.1 Å². The summed E-state index contributed by atoms with van der Waals surface area (Å²) in [7, 11) is 0. The van der Waals surface area contributed by atoms with Crippen LogP contribution in [0.4, 0.5) is 0 Å². The van der Waals surface area contributed by atoms with Crippen LogP contribution in [0.3, 0.4) is 0 Å². The third kappa shape index (κ3) is 3.06. The van der Waals surface area contributed by atoms with E-state index in [1.165, 1.54) is 5.56 Å². The lowest BCUT2D eigenvalue weighted by Crippen LogP contribution is -2.13. The minimum Gasteiger partial charge on any atom is -0.369 e. The number of hydrogen-bond acceptors (Lipinski definition) is 1. The summed E-state index contributed by atoms with van der Waals surface area (Å²) in [5.74, 6) is -0.286. The number of nitrogens with two attached hydrogens (primary N) is 1. The third-order valence-corrected chi connectivity index (χ3v) is 2.56. The smallest absolute Gasteiger partial charge is 0.221 e. The Morgan fingerprint density at radius 1 is 1.12 bits per heavy atom. The second-order valence-electron chi connectivity index (χ2n) is 3.73. The number of benzene rings is 2. The van der Waals surface area contributed by atoms with Crippen LogP contribution >= 0.6 is 0 Å². The molecule has 0 aliphatic heterocycles. The van der Waals surface area contributed by atoms with Crippen LogP contribution in [-0.4, -0.2) is 5.91 Å². The second kappa shape index (κ2) is 6.04. The molecule has 2 aromatic carbocycles. The molecule has 0 fully saturated rings. The Hall–Kier alpha value is -1.83. The maximum atomic E-state index is 10.9. The van der Waals surface area contributed by atoms with Crippen molar-refractivity contribution in [1.29, 1.82) is 0 Å². The van der Waals surface area contributed by atoms with E-state index in [-0.39, 0.29) is 5.91 Å². The number of aryl methyl sites for hydroxylation is 1. The summed E-state index contributed by atoms with van der Waals surface area (Å²) in [6, 6.07) is 12.1. The first-order chi connectivity index (χ1) is 8.18. The number of carbonyl (C=O) groups excluding carboxylic acids is 1. The van der Waals surface area contributed by atoms with Gasteiger partial charge < -0.3 is 5.73 Å². The summed E-state index contributed by atoms with van der Waals surface area (Å²) < 4.78 is 0. The van der Waals surface area contributed by atoms with Gasteiger partial charge in [-0.2, -0.15) is 0 Å². The molecule has 0 aliphatic rings. The van der Waals surface area contributed by atoms with Gasteiger partial charge in [0.25, 0.3) is 0 Å². The highest BCUT2D eigenvalue weighted by Gasteiger charge is 2.05. The molecule has 0 spiro atoms. The highest BCUT2D eigenvalue weighted by molar-refractivity contribution is 5.92. The minimum absolute atomic E-state index is 0.286. The largest absolute Gasteiger partial charge is 0.369 e. The molecule has 0 aromatic heterocycles. The van der Waals surface area contributed by atoms with E-state index in [4.69, 9.17) is 5.73 Å². The van der Waals surface area contributed by atoms with E-state index in [1.807, 2.05) is 57.2 Å². The number of rotatable bonds is 2. The Bertz CT molecular complexity index is 512. The van der Waals surface area contributed by atoms with Crippen molar-refractivity contribution in [2.24, 2.45) is 5.73 Å². The normalized spacial score (nSPS) is 9.59. The minimum atomic E-state index is -0.286. The molecule has 0 aliphatic carbocycles. The first-order valence-electron chi connectivity index (χ1n) is 5.94. The molecule has 0 saturated heterocycles. The van der Waals surface area contributed by atoms with Gasteiger partial charge in [-0.3, -0.25) is 4.79 Å². The van der Waals surface area contributed by atoms with Crippen LogP contribution in [0.15, 0.2) is 36.4 Å². The van der Waals surface area contributed by atoms with Crippen molar-refractivity contribution in [3.05, 3.63) is 47.5 Å². The quantitative estimate of drug-likeness (QED) is 0.844. The molecule has 17 heavy (non-hydrogen) atoms. The highest BCUT2D eigenvalue weighted by Crippen LogP contribution is 2.22. The van der Waals surface area contributed by atoms with Crippen LogP contribution in [0.1, 0.15) is 25.0 Å². The van der Waals surface area contributed by atoms with Crippen molar-refractivity contribution in [2.45, 2.75) is 27.2 Å². The van der Waals surface area contributed by atoms with Crippen molar-refractivity contribution in [3.63, 3.8) is 0 Å². The van der Waals surface area contributed by atoms with Gasteiger partial charge >= 0.3 is 0 Å². The van der Waals surface area contributed by atoms with Gasteiger partial charge in [0.1, 0.15) is 0 Å². The van der Waals surface area contributed by atoms with Crippen LogP contribution in [0, 0.1) is 6.92 Å². The van der Waals surface area contributed by atoms with Crippen LogP contribution < -0.4 is 5.73 Å². The molecule has 1 amide bonds. The van der Waals surface area contributed by atoms with E-state index in [9.17, 15) is 4.79 Å². The van der Waals surface area contributed by atoms with E-state index in [2.05, 4.69) is 0 Å². The zero-order valence-corrected chi connectivity index (χ0v) is 10.7. The van der Waals surface area contributed by atoms with Gasteiger partial charge in [-0.25, -0.2) is 0 Å². The van der Waals surface area contributed by atoms with E-state index >= 15 is 0 Å². The third-order valence-electron chi connectivity index (χ3n) is 2.56. The van der Waals surface area contributed by atoms with Crippen molar-refractivity contribution in [2.75, 3.05) is 0 Å². The molecule has 2 nitrogen and oxygen atoms in total. The average Bonchev–Trinajstić information content (AvgIpc) is 2.31. The van der Waals surface area contributed by atoms with Crippen molar-refractivity contribution >= 4 is 16.7 Å². The Kier molecular flexibility index (Phi) is 4.70. The predicted octanol–water partition coefficient (Wildman–Crippen LogP) is 3.20. The summed E-state index contributed by atoms with van der Waals surface area (Å²) in [5.41, 5.74) is 7.42. The zero-order chi connectivity index (χ0) is 12.8. The van der Waals surface area contributed by atoms with Gasteiger partial charge in [0.05, 0.1) is 6.42 Å². The number of amides is 1. The standard InChI is InChI=1S/C13H13NO.C2H6/c1-9-4-2-5-10-6-3-7-11(13(9)10)8-12(14)15;1-2/h2-7H,8H2,1H3,(H2,14,15);1-2H3. The fourth-order valence-electron chi connectivity index (χ4n) is 1.95. The molecular weight excluding hydrogens is 210 g/mol. The SMILES string of the molecule is CC.Cc1cccc2cccc(CC(N)=O)c12. The maximum Gasteiger partial charge on any atom is 0.221 e. The molecule has 0 bridgehead atoms. The zero-order valence-electron chi connectivity index (χ0n) is 10.7. The Morgan fingerprint density at radius 2 is 1.71 bits per heavy atom. The van der Waals surface area contributed by atoms with Crippen LogP contribution in [0.2, 0.25) is 0 Å². The first-order valence-corrected chi connectivity index (χ1v) is 5.94. The Labute approximate surface area is 102 Å². The number of fused-ring (bicyclic) bond motifs is 1. The fraction of sp³-hybridized carbons (Fsp3) is 0.267. The van der Waals surface area contributed by atoms with E-state index in [0.717, 1.165) is 16.3 Å². The molecule has 0 atom stereocenters. The van der Waals surface area contributed by atoms with E-state index < -0.39 is 0 Å². The molecule has 0 unspecified atom stereocenters. The van der Waals surface area contributed by atoms with Gasteiger partial charge in [0.15, 0.2) is 0 Å². The predicted molar refractivity (Wildman–Crippen MR) is 72.9 cm³/mol. The number of carbonyl (C=O) groups is 1. The lowest BCUT2D eigenvalue weighted by atomic mass is 9.98. The molecule has 2 heteroatoms. The monoisotopic (exact) mass is 229 g/mol. The summed E-state index contributed by atoms with van der Waals surface area (Å²) in [4.78, 5) is 10.9. The van der Waals surface area contributed by atoms with Crippen molar-refractivity contribution in [3.8, 4) is 0 Å². The van der Waals surface area contributed by atoms with Crippen LogP contribution in [-0.2, 0) is 11.2 Å². The molecule has 2 N–H and O–H groups in total. The average molecular weight is 229 g/mol. The second-order valence-corrected chi connectivity index (χ2v) is 3.73. The van der Waals surface area contributed by atoms with E-state index in [0.29, 0.717) is 6.42 Å². The fourth-order valence-corrected chi connectivity index (χ4v) is 1.95. The summed E-state index contributed by atoms with van der Waals surface area (Å²) in [5, 5.41) is 2.31. The molecule has 2 rings (SSSR count). The van der Waals surface area contributed by atoms with Gasteiger partial charge in [-0.15, -0.1) is 0 Å². The molecule has 90 valence electrons. The van der Waals surface area contributed by atoms with Crippen LogP contribution in [0.25, 0.3) is 10.8 Å². The van der Waals surface area contributed by atoms with Crippen LogP contribution in [0.5, 0.6) is 0 Å². The maximum absolute atomic E-state index is 10.9. The Balaban J connectivity index is 0.000000686. The highest BCUT2D eigenvalue weighted by atomic mass is 16.1. The van der Waals surface area contributed by atoms with Gasteiger partial charge in [-0.05, 0) is 28.8 Å². The summed E-state index contributed by atoms with van der Waals surface area (Å²) >= 11 is 0. The van der Waals surface area contributed by atoms with Gasteiger partial charge in [0, 0.05) is 0 Å². The van der Waals surface area contributed by atoms with Gasteiger partial charge in [-0.1, -0.05) is 50.2 Å². The number of hydrogen-bond donors (Lipinski definition) is 1. The lowest BCUT2D eigenvalue weighted by molar-refractivity contribution is -0.117. The Morgan fingerprint density at radius 3 is 2.29 bits per heavy atom.